The van der Waals surface area contributed by atoms with Crippen LogP contribution in [0.4, 0.5) is 5.69 Å². The Labute approximate surface area is 157 Å². The number of anilines is 1. The molecular formula is C20H20ClNO4. The number of hydrogen-bond acceptors (Lipinski definition) is 4. The van der Waals surface area contributed by atoms with E-state index >= 15 is 0 Å². The molecule has 0 unspecified atom stereocenters. The van der Waals surface area contributed by atoms with Gasteiger partial charge in [-0.15, -0.1) is 0 Å². The Kier molecular flexibility index (Phi) is 4.64. The molecule has 0 spiro atoms. The van der Waals surface area contributed by atoms with Gasteiger partial charge in [-0.3, -0.25) is 0 Å². The Morgan fingerprint density at radius 2 is 2.15 bits per heavy atom. The molecule has 1 fully saturated rings. The Hall–Kier alpha value is -2.40. The van der Waals surface area contributed by atoms with E-state index in [0.29, 0.717) is 36.4 Å². The van der Waals surface area contributed by atoms with Gasteiger partial charge in [0.1, 0.15) is 17.9 Å². The lowest BCUT2D eigenvalue weighted by Crippen LogP contribution is -2.33. The van der Waals surface area contributed by atoms with Crippen molar-refractivity contribution in [1.82, 2.24) is 0 Å². The molecule has 0 aromatic heterocycles. The molecule has 2 aliphatic rings. The lowest BCUT2D eigenvalue weighted by Gasteiger charge is -2.32. The zero-order chi connectivity index (χ0) is 18.1. The minimum absolute atomic E-state index is 0.184. The maximum Gasteiger partial charge on any atom is 0.339 e. The summed E-state index contributed by atoms with van der Waals surface area (Å²) in [5, 5.41) is 10.0. The molecule has 26 heavy (non-hydrogen) atoms. The number of nitrogens with zero attached hydrogens (tertiary/aromatic N) is 1. The highest BCUT2D eigenvalue weighted by molar-refractivity contribution is 6.30. The van der Waals surface area contributed by atoms with Crippen molar-refractivity contribution in [2.75, 3.05) is 24.7 Å². The summed E-state index contributed by atoms with van der Waals surface area (Å²) in [4.78, 5) is 13.6. The number of carbonyl (C=O) groups is 1. The van der Waals surface area contributed by atoms with Gasteiger partial charge in [-0.25, -0.2) is 4.79 Å². The largest absolute Gasteiger partial charge is 0.493 e. The van der Waals surface area contributed by atoms with Gasteiger partial charge in [-0.05, 0) is 49.1 Å². The highest BCUT2D eigenvalue weighted by atomic mass is 35.5. The van der Waals surface area contributed by atoms with E-state index in [4.69, 9.17) is 21.1 Å². The van der Waals surface area contributed by atoms with Crippen LogP contribution in [0.15, 0.2) is 36.4 Å². The monoisotopic (exact) mass is 373 g/mol. The lowest BCUT2D eigenvalue weighted by atomic mass is 10.1. The summed E-state index contributed by atoms with van der Waals surface area (Å²) >= 11 is 6.20. The van der Waals surface area contributed by atoms with Gasteiger partial charge < -0.3 is 19.5 Å². The highest BCUT2D eigenvalue weighted by Gasteiger charge is 2.25. The molecule has 1 aliphatic carbocycles. The van der Waals surface area contributed by atoms with E-state index in [1.54, 1.807) is 12.1 Å². The number of halogens is 1. The second-order valence-electron chi connectivity index (χ2n) is 6.74. The molecule has 4 rings (SSSR count). The number of rotatable bonds is 6. The molecule has 1 N–H and O–H groups in total. The van der Waals surface area contributed by atoms with Gasteiger partial charge in [0.25, 0.3) is 0 Å². The van der Waals surface area contributed by atoms with Crippen molar-refractivity contribution in [2.45, 2.75) is 19.4 Å². The van der Waals surface area contributed by atoms with Crippen LogP contribution in [0.25, 0.3) is 0 Å². The Morgan fingerprint density at radius 1 is 1.31 bits per heavy atom. The molecule has 0 bridgehead atoms. The molecule has 5 nitrogen and oxygen atoms in total. The normalized spacial score (nSPS) is 16.0. The second kappa shape index (κ2) is 7.08. The van der Waals surface area contributed by atoms with E-state index < -0.39 is 5.97 Å². The van der Waals surface area contributed by atoms with Crippen LogP contribution in [0.2, 0.25) is 5.02 Å². The summed E-state index contributed by atoms with van der Waals surface area (Å²) in [6.45, 7) is 2.43. The molecule has 2 aromatic rings. The molecular weight excluding hydrogens is 354 g/mol. The van der Waals surface area contributed by atoms with Gasteiger partial charge in [0, 0.05) is 17.1 Å². The fraction of sp³-hybridized carbons (Fsp3) is 0.350. The van der Waals surface area contributed by atoms with E-state index in [0.717, 1.165) is 23.6 Å². The van der Waals surface area contributed by atoms with Crippen molar-refractivity contribution in [1.29, 1.82) is 0 Å². The lowest BCUT2D eigenvalue weighted by molar-refractivity contribution is 0.0692. The third kappa shape index (κ3) is 3.58. The quantitative estimate of drug-likeness (QED) is 0.821. The van der Waals surface area contributed by atoms with E-state index in [9.17, 15) is 9.90 Å². The highest BCUT2D eigenvalue weighted by Crippen LogP contribution is 2.37. The Bertz CT molecular complexity index is 835. The first-order chi connectivity index (χ1) is 12.6. The van der Waals surface area contributed by atoms with Crippen LogP contribution in [-0.2, 0) is 6.54 Å². The predicted molar refractivity (Wildman–Crippen MR) is 99.6 cm³/mol. The molecule has 136 valence electrons. The summed E-state index contributed by atoms with van der Waals surface area (Å²) < 4.78 is 11.6. The topological polar surface area (TPSA) is 59.0 Å². The van der Waals surface area contributed by atoms with Crippen LogP contribution >= 0.6 is 11.6 Å². The van der Waals surface area contributed by atoms with E-state index in [1.165, 1.54) is 12.8 Å². The van der Waals surface area contributed by atoms with Crippen molar-refractivity contribution in [2.24, 2.45) is 5.92 Å². The molecule has 1 aliphatic heterocycles. The SMILES string of the molecule is O=C(O)c1cccc2c1OCCN2Cc1cc(Cl)ccc1OCC1CC1. The van der Waals surface area contributed by atoms with Crippen LogP contribution in [0.5, 0.6) is 11.5 Å². The number of carboxylic acids is 1. The molecule has 0 saturated heterocycles. The van der Waals surface area contributed by atoms with Gasteiger partial charge in [-0.2, -0.15) is 0 Å². The minimum atomic E-state index is -0.986. The zero-order valence-corrected chi connectivity index (χ0v) is 15.0. The molecule has 0 radical (unpaired) electrons. The fourth-order valence-corrected chi connectivity index (χ4v) is 3.34. The van der Waals surface area contributed by atoms with Gasteiger partial charge in [0.05, 0.1) is 18.8 Å². The minimum Gasteiger partial charge on any atom is -0.493 e. The third-order valence-corrected chi connectivity index (χ3v) is 4.96. The number of benzene rings is 2. The maximum atomic E-state index is 11.5. The van der Waals surface area contributed by atoms with E-state index in [1.807, 2.05) is 24.3 Å². The first kappa shape index (κ1) is 17.0. The molecule has 0 amide bonds. The number of para-hydroxylation sites is 1. The smallest absolute Gasteiger partial charge is 0.339 e. The van der Waals surface area contributed by atoms with Crippen molar-refractivity contribution in [3.05, 3.63) is 52.5 Å². The van der Waals surface area contributed by atoms with Crippen molar-refractivity contribution < 1.29 is 19.4 Å². The van der Waals surface area contributed by atoms with Crippen molar-refractivity contribution in [3.8, 4) is 11.5 Å². The number of fused-ring (bicyclic) bond motifs is 1. The molecule has 6 heteroatoms. The van der Waals surface area contributed by atoms with Crippen LogP contribution in [-0.4, -0.2) is 30.8 Å². The summed E-state index contributed by atoms with van der Waals surface area (Å²) in [7, 11) is 0. The number of carboxylic acid groups (broad SMARTS) is 1. The number of ether oxygens (including phenoxy) is 2. The summed E-state index contributed by atoms with van der Waals surface area (Å²) in [5.74, 6) is 0.943. The maximum absolute atomic E-state index is 11.5. The van der Waals surface area contributed by atoms with Crippen molar-refractivity contribution in [3.63, 3.8) is 0 Å². The van der Waals surface area contributed by atoms with Gasteiger partial charge in [0.15, 0.2) is 5.75 Å². The molecule has 1 saturated carbocycles. The van der Waals surface area contributed by atoms with Crippen LogP contribution in [0.3, 0.4) is 0 Å². The number of aromatic carboxylic acids is 1. The second-order valence-corrected chi connectivity index (χ2v) is 7.17. The standard InChI is InChI=1S/C20H20ClNO4/c21-15-6-7-18(26-12-13-4-5-13)14(10-15)11-22-8-9-25-19-16(20(23)24)2-1-3-17(19)22/h1-3,6-7,10,13H,4-5,8-9,11-12H2,(H,23,24). The van der Waals surface area contributed by atoms with E-state index in [2.05, 4.69) is 4.90 Å². The van der Waals surface area contributed by atoms with Crippen LogP contribution in [0, 0.1) is 5.92 Å². The predicted octanol–water partition coefficient (Wildman–Crippen LogP) is 4.23. The van der Waals surface area contributed by atoms with Gasteiger partial charge in [-0.1, -0.05) is 17.7 Å². The Balaban J connectivity index is 1.61. The van der Waals surface area contributed by atoms with Gasteiger partial charge in [0.2, 0.25) is 0 Å². The summed E-state index contributed by atoms with van der Waals surface area (Å²) in [5.41, 5.74) is 1.96. The van der Waals surface area contributed by atoms with Crippen LogP contribution < -0.4 is 14.4 Å². The molecule has 2 aromatic carbocycles. The third-order valence-electron chi connectivity index (χ3n) is 4.73. The van der Waals surface area contributed by atoms with Crippen LogP contribution in [0.1, 0.15) is 28.8 Å². The van der Waals surface area contributed by atoms with Gasteiger partial charge >= 0.3 is 5.97 Å². The first-order valence-electron chi connectivity index (χ1n) is 8.77. The number of hydrogen-bond donors (Lipinski definition) is 1. The summed E-state index contributed by atoms with van der Waals surface area (Å²) in [6, 6.07) is 10.9. The molecule has 1 heterocycles. The average Bonchev–Trinajstić information content (AvgIpc) is 3.45. The fourth-order valence-electron chi connectivity index (χ4n) is 3.15. The van der Waals surface area contributed by atoms with Crippen molar-refractivity contribution >= 4 is 23.3 Å². The molecule has 0 atom stereocenters. The zero-order valence-electron chi connectivity index (χ0n) is 14.3. The van der Waals surface area contributed by atoms with E-state index in [-0.39, 0.29) is 5.56 Å². The first-order valence-corrected chi connectivity index (χ1v) is 9.15. The summed E-state index contributed by atoms with van der Waals surface area (Å²) in [6.07, 6.45) is 2.47. The Morgan fingerprint density at radius 3 is 2.92 bits per heavy atom. The average molecular weight is 374 g/mol.